The molecule has 2 amide bonds. The van der Waals surface area contributed by atoms with Crippen LogP contribution in [0.25, 0.3) is 0 Å². The monoisotopic (exact) mass is 498 g/mol. The van der Waals surface area contributed by atoms with Crippen molar-refractivity contribution in [2.45, 2.75) is 54.8 Å². The van der Waals surface area contributed by atoms with Crippen LogP contribution in [0.15, 0.2) is 55.6 Å². The van der Waals surface area contributed by atoms with E-state index < -0.39 is 34.6 Å². The Labute approximate surface area is 211 Å². The van der Waals surface area contributed by atoms with Crippen molar-refractivity contribution in [1.82, 2.24) is 9.80 Å². The Balaban J connectivity index is 1.73. The molecule has 6 atom stereocenters. The maximum Gasteiger partial charge on any atom is 0.311 e. The third-order valence-electron chi connectivity index (χ3n) is 7.54. The van der Waals surface area contributed by atoms with Crippen molar-refractivity contribution in [1.29, 1.82) is 0 Å². The highest BCUT2D eigenvalue weighted by Crippen LogP contribution is 2.67. The molecule has 7 nitrogen and oxygen atoms in total. The van der Waals surface area contributed by atoms with Gasteiger partial charge >= 0.3 is 5.97 Å². The van der Waals surface area contributed by atoms with Crippen molar-refractivity contribution in [2.75, 3.05) is 19.8 Å². The molecule has 1 aromatic rings. The predicted octanol–water partition coefficient (Wildman–Crippen LogP) is 2.79. The molecule has 2 bridgehead atoms. The normalized spacial score (nSPS) is 29.5. The second kappa shape index (κ2) is 10.6. The van der Waals surface area contributed by atoms with E-state index in [1.54, 1.807) is 27.6 Å². The highest BCUT2D eigenvalue weighted by Gasteiger charge is 2.74. The second-order valence-electron chi connectivity index (χ2n) is 9.46. The Morgan fingerprint density at radius 3 is 2.69 bits per heavy atom. The SMILES string of the molecule is C=CCOC(=O)[C@@H]1[C@H]2C(=O)N([C@@H](CC)CO)C(C(=O)N(CC=C)Cc3ccccc3)C23CC[C@H]1S3. The Morgan fingerprint density at radius 2 is 2.06 bits per heavy atom. The molecule has 1 spiro atoms. The van der Waals surface area contributed by atoms with Crippen molar-refractivity contribution in [3.05, 3.63) is 61.2 Å². The topological polar surface area (TPSA) is 87.1 Å². The number of aliphatic hydroxyl groups is 1. The molecule has 0 saturated carbocycles. The summed E-state index contributed by atoms with van der Waals surface area (Å²) < 4.78 is 4.68. The first-order valence-electron chi connectivity index (χ1n) is 12.2. The molecule has 188 valence electrons. The number of ether oxygens (including phenoxy) is 1. The standard InChI is InChI=1S/C27H34N2O5S/c1-4-14-28(16-18-10-8-7-9-11-18)25(32)23-27-13-12-20(35-27)21(26(33)34-15-5-2)22(27)24(31)29(23)19(6-3)17-30/h4-5,7-11,19-23,30H,1-2,6,12-17H2,3H3/t19-,20+,21-,22-,23?,27?/m0/s1. The minimum absolute atomic E-state index is 0.0603. The van der Waals surface area contributed by atoms with E-state index in [0.717, 1.165) is 12.0 Å². The average molecular weight is 499 g/mol. The number of amides is 2. The van der Waals surface area contributed by atoms with Crippen LogP contribution >= 0.6 is 11.8 Å². The third kappa shape index (κ3) is 4.31. The number of thioether (sulfide) groups is 1. The number of aliphatic hydroxyl groups excluding tert-OH is 1. The molecular weight excluding hydrogens is 464 g/mol. The van der Waals surface area contributed by atoms with Crippen molar-refractivity contribution < 1.29 is 24.2 Å². The molecule has 3 aliphatic heterocycles. The van der Waals surface area contributed by atoms with Gasteiger partial charge in [0.1, 0.15) is 12.6 Å². The number of nitrogens with zero attached hydrogens (tertiary/aromatic N) is 2. The fourth-order valence-electron chi connectivity index (χ4n) is 6.05. The van der Waals surface area contributed by atoms with Crippen LogP contribution in [-0.4, -0.2) is 74.5 Å². The summed E-state index contributed by atoms with van der Waals surface area (Å²) in [5.74, 6) is -2.03. The molecule has 3 fully saturated rings. The zero-order valence-electron chi connectivity index (χ0n) is 20.2. The van der Waals surface area contributed by atoms with Crippen LogP contribution in [0, 0.1) is 11.8 Å². The number of hydrogen-bond acceptors (Lipinski definition) is 6. The fourth-order valence-corrected chi connectivity index (χ4v) is 8.23. The Bertz CT molecular complexity index is 981. The van der Waals surface area contributed by atoms with Gasteiger partial charge in [-0.3, -0.25) is 14.4 Å². The molecule has 1 aromatic carbocycles. The Hall–Kier alpha value is -2.58. The lowest BCUT2D eigenvalue weighted by Gasteiger charge is -2.39. The van der Waals surface area contributed by atoms with Gasteiger partial charge in [0.05, 0.1) is 29.2 Å². The minimum atomic E-state index is -0.757. The summed E-state index contributed by atoms with van der Waals surface area (Å²) in [6.45, 7) is 9.91. The first-order chi connectivity index (χ1) is 16.9. The second-order valence-corrected chi connectivity index (χ2v) is 11.1. The number of fused-ring (bicyclic) bond motifs is 1. The zero-order chi connectivity index (χ0) is 25.2. The molecule has 0 radical (unpaired) electrons. The first kappa shape index (κ1) is 25.5. The summed E-state index contributed by atoms with van der Waals surface area (Å²) in [4.78, 5) is 44.6. The van der Waals surface area contributed by atoms with Crippen LogP contribution < -0.4 is 0 Å². The lowest BCUT2D eigenvalue weighted by Crippen LogP contribution is -2.57. The molecule has 0 aromatic heterocycles. The highest BCUT2D eigenvalue weighted by molar-refractivity contribution is 8.02. The number of hydrogen-bond donors (Lipinski definition) is 1. The summed E-state index contributed by atoms with van der Waals surface area (Å²) in [7, 11) is 0. The number of carbonyl (C=O) groups excluding carboxylic acids is 3. The Morgan fingerprint density at radius 1 is 1.31 bits per heavy atom. The quantitative estimate of drug-likeness (QED) is 0.373. The van der Waals surface area contributed by atoms with Gasteiger partial charge < -0.3 is 19.6 Å². The molecule has 2 unspecified atom stereocenters. The van der Waals surface area contributed by atoms with E-state index in [9.17, 15) is 19.5 Å². The Kier molecular flexibility index (Phi) is 7.71. The van der Waals surface area contributed by atoms with Crippen molar-refractivity contribution in [3.8, 4) is 0 Å². The van der Waals surface area contributed by atoms with Gasteiger partial charge in [-0.05, 0) is 24.8 Å². The van der Waals surface area contributed by atoms with Crippen LogP contribution in [0.2, 0.25) is 0 Å². The fraction of sp³-hybridized carbons (Fsp3) is 0.519. The first-order valence-corrected chi connectivity index (χ1v) is 13.1. The van der Waals surface area contributed by atoms with E-state index in [2.05, 4.69) is 13.2 Å². The van der Waals surface area contributed by atoms with E-state index in [-0.39, 0.29) is 30.3 Å². The van der Waals surface area contributed by atoms with E-state index in [0.29, 0.717) is 25.9 Å². The van der Waals surface area contributed by atoms with E-state index in [4.69, 9.17) is 4.74 Å². The third-order valence-corrected chi connectivity index (χ3v) is 9.49. The molecule has 35 heavy (non-hydrogen) atoms. The van der Waals surface area contributed by atoms with Crippen molar-refractivity contribution >= 4 is 29.5 Å². The molecule has 4 rings (SSSR count). The number of likely N-dealkylation sites (tertiary alicyclic amines) is 1. The van der Waals surface area contributed by atoms with E-state index in [1.807, 2.05) is 37.3 Å². The molecule has 1 N–H and O–H groups in total. The number of benzene rings is 1. The van der Waals surface area contributed by atoms with Crippen LogP contribution in [0.3, 0.4) is 0 Å². The van der Waals surface area contributed by atoms with Gasteiger partial charge in [-0.15, -0.1) is 18.3 Å². The number of esters is 1. The van der Waals surface area contributed by atoms with E-state index >= 15 is 0 Å². The smallest absolute Gasteiger partial charge is 0.311 e. The van der Waals surface area contributed by atoms with Crippen LogP contribution in [0.4, 0.5) is 0 Å². The molecule has 3 aliphatic rings. The lowest BCUT2D eigenvalue weighted by atomic mass is 9.71. The summed E-state index contributed by atoms with van der Waals surface area (Å²) in [5.41, 5.74) is 0.982. The van der Waals surface area contributed by atoms with Gasteiger partial charge in [0.25, 0.3) is 0 Å². The predicted molar refractivity (Wildman–Crippen MR) is 135 cm³/mol. The summed E-state index contributed by atoms with van der Waals surface area (Å²) in [6, 6.07) is 8.46. The summed E-state index contributed by atoms with van der Waals surface area (Å²) in [5, 5.41) is 10.1. The molecular formula is C27H34N2O5S. The zero-order valence-corrected chi connectivity index (χ0v) is 21.0. The molecule has 3 heterocycles. The highest BCUT2D eigenvalue weighted by atomic mass is 32.2. The van der Waals surface area contributed by atoms with Crippen molar-refractivity contribution in [3.63, 3.8) is 0 Å². The maximum absolute atomic E-state index is 14.3. The summed E-state index contributed by atoms with van der Waals surface area (Å²) in [6.07, 6.45) is 5.13. The average Bonchev–Trinajstić information content (AvgIpc) is 3.51. The minimum Gasteiger partial charge on any atom is -0.461 e. The molecule has 0 aliphatic carbocycles. The maximum atomic E-state index is 14.3. The van der Waals surface area contributed by atoms with Gasteiger partial charge in [-0.2, -0.15) is 0 Å². The van der Waals surface area contributed by atoms with Gasteiger partial charge in [-0.1, -0.05) is 56.0 Å². The van der Waals surface area contributed by atoms with Gasteiger partial charge in [0.15, 0.2) is 0 Å². The number of rotatable bonds is 11. The van der Waals surface area contributed by atoms with Crippen LogP contribution in [0.1, 0.15) is 31.7 Å². The van der Waals surface area contributed by atoms with Gasteiger partial charge in [0, 0.05) is 18.3 Å². The molecule has 8 heteroatoms. The number of carbonyl (C=O) groups is 3. The van der Waals surface area contributed by atoms with Crippen molar-refractivity contribution in [2.24, 2.45) is 11.8 Å². The van der Waals surface area contributed by atoms with Crippen LogP contribution in [0.5, 0.6) is 0 Å². The van der Waals surface area contributed by atoms with Crippen LogP contribution in [-0.2, 0) is 25.7 Å². The van der Waals surface area contributed by atoms with Gasteiger partial charge in [0.2, 0.25) is 11.8 Å². The largest absolute Gasteiger partial charge is 0.461 e. The molecule has 3 saturated heterocycles. The van der Waals surface area contributed by atoms with Gasteiger partial charge in [-0.25, -0.2) is 0 Å². The lowest BCUT2D eigenvalue weighted by molar-refractivity contribution is -0.153. The van der Waals surface area contributed by atoms with E-state index in [1.165, 1.54) is 6.08 Å². The summed E-state index contributed by atoms with van der Waals surface area (Å²) >= 11 is 1.60.